The molecule has 0 bridgehead atoms. The van der Waals surface area contributed by atoms with Crippen molar-refractivity contribution in [2.75, 3.05) is 0 Å². The summed E-state index contributed by atoms with van der Waals surface area (Å²) in [5.41, 5.74) is 1.78. The topological polar surface area (TPSA) is 72.0 Å². The summed E-state index contributed by atoms with van der Waals surface area (Å²) in [4.78, 5) is 7.99. The second kappa shape index (κ2) is 4.73. The summed E-state index contributed by atoms with van der Waals surface area (Å²) in [6.07, 6.45) is 2.81. The molecule has 0 spiro atoms. The molecule has 0 radical (unpaired) electrons. The van der Waals surface area contributed by atoms with E-state index >= 15 is 0 Å². The Kier molecular flexibility index (Phi) is 2.90. The average molecular weight is 271 g/mol. The maximum Gasteiger partial charge on any atom is 0.262 e. The number of nitrogens with zero attached hydrogens (tertiary/aromatic N) is 3. The molecular weight excluding hydrogens is 261 g/mol. The minimum Gasteiger partial charge on any atom is -0.505 e. The van der Waals surface area contributed by atoms with Crippen LogP contribution in [0.1, 0.15) is 5.56 Å². The van der Waals surface area contributed by atoms with Gasteiger partial charge in [-0.2, -0.15) is 4.98 Å². The summed E-state index contributed by atoms with van der Waals surface area (Å²) in [6.45, 7) is 1.76. The van der Waals surface area contributed by atoms with Crippen LogP contribution in [0.5, 0.6) is 5.75 Å². The van der Waals surface area contributed by atoms with E-state index < -0.39 is 0 Å². The Morgan fingerprint density at radius 1 is 1.20 bits per heavy atom. The zero-order chi connectivity index (χ0) is 14.1. The van der Waals surface area contributed by atoms with Gasteiger partial charge in [-0.05, 0) is 36.8 Å². The molecule has 3 aromatic rings. The van der Waals surface area contributed by atoms with Crippen LogP contribution in [0.3, 0.4) is 0 Å². The van der Waals surface area contributed by atoms with Crippen molar-refractivity contribution in [1.29, 1.82) is 0 Å². The van der Waals surface area contributed by atoms with Gasteiger partial charge < -0.3 is 9.63 Å². The van der Waals surface area contributed by atoms with Crippen molar-refractivity contribution in [3.05, 3.63) is 48.0 Å². The van der Waals surface area contributed by atoms with Crippen molar-refractivity contribution >= 4 is 0 Å². The quantitative estimate of drug-likeness (QED) is 0.775. The zero-order valence-corrected chi connectivity index (χ0v) is 10.5. The monoisotopic (exact) mass is 271 g/mol. The van der Waals surface area contributed by atoms with Crippen LogP contribution >= 0.6 is 0 Å². The Hall–Kier alpha value is -2.76. The Labute approximate surface area is 113 Å². The first-order valence-electron chi connectivity index (χ1n) is 5.89. The van der Waals surface area contributed by atoms with E-state index in [2.05, 4.69) is 15.1 Å². The van der Waals surface area contributed by atoms with Crippen molar-refractivity contribution < 1.29 is 14.0 Å². The van der Waals surface area contributed by atoms with Crippen LogP contribution in [0, 0.1) is 12.7 Å². The SMILES string of the molecule is Cc1cc(F)ccc1-c1noc(-c2ccncc2O)n1. The highest BCUT2D eigenvalue weighted by atomic mass is 19.1. The van der Waals surface area contributed by atoms with Gasteiger partial charge in [-0.15, -0.1) is 0 Å². The van der Waals surface area contributed by atoms with Crippen molar-refractivity contribution in [1.82, 2.24) is 15.1 Å². The van der Waals surface area contributed by atoms with Gasteiger partial charge in [0.1, 0.15) is 11.6 Å². The normalized spacial score (nSPS) is 10.7. The Balaban J connectivity index is 2.04. The molecule has 2 aromatic heterocycles. The molecule has 0 saturated carbocycles. The molecule has 0 saturated heterocycles. The molecular formula is C14H10FN3O2. The third-order valence-electron chi connectivity index (χ3n) is 2.89. The summed E-state index contributed by atoms with van der Waals surface area (Å²) in [7, 11) is 0. The molecule has 0 fully saturated rings. The van der Waals surface area contributed by atoms with Gasteiger partial charge >= 0.3 is 0 Å². The number of hydrogen-bond acceptors (Lipinski definition) is 5. The van der Waals surface area contributed by atoms with Crippen LogP contribution in [0.15, 0.2) is 41.2 Å². The summed E-state index contributed by atoms with van der Waals surface area (Å²) < 4.78 is 18.2. The molecule has 0 unspecified atom stereocenters. The molecule has 0 aliphatic carbocycles. The number of hydrogen-bond donors (Lipinski definition) is 1. The molecule has 1 N–H and O–H groups in total. The first-order chi connectivity index (χ1) is 9.65. The lowest BCUT2D eigenvalue weighted by Crippen LogP contribution is -1.87. The first-order valence-corrected chi connectivity index (χ1v) is 5.89. The molecule has 3 rings (SSSR count). The molecule has 6 heteroatoms. The third kappa shape index (κ3) is 2.11. The van der Waals surface area contributed by atoms with Gasteiger partial charge in [-0.1, -0.05) is 5.16 Å². The standard InChI is InChI=1S/C14H10FN3O2/c1-8-6-9(15)2-3-10(8)13-17-14(20-18-13)11-4-5-16-7-12(11)19/h2-7,19H,1H3. The minimum absolute atomic E-state index is 0.0430. The lowest BCUT2D eigenvalue weighted by molar-refractivity contribution is 0.425. The van der Waals surface area contributed by atoms with E-state index in [9.17, 15) is 9.50 Å². The van der Waals surface area contributed by atoms with Crippen molar-refractivity contribution in [2.24, 2.45) is 0 Å². The molecule has 5 nitrogen and oxygen atoms in total. The highest BCUT2D eigenvalue weighted by molar-refractivity contribution is 5.65. The third-order valence-corrected chi connectivity index (χ3v) is 2.89. The molecule has 0 aliphatic heterocycles. The van der Waals surface area contributed by atoms with Crippen LogP contribution in [0.2, 0.25) is 0 Å². The Morgan fingerprint density at radius 3 is 2.80 bits per heavy atom. The predicted octanol–water partition coefficient (Wildman–Crippen LogP) is 2.95. The number of pyridine rings is 1. The fraction of sp³-hybridized carbons (Fsp3) is 0.0714. The van der Waals surface area contributed by atoms with Crippen LogP contribution < -0.4 is 0 Å². The largest absolute Gasteiger partial charge is 0.505 e. The number of benzene rings is 1. The minimum atomic E-state index is -0.318. The van der Waals surface area contributed by atoms with Gasteiger partial charge in [0.25, 0.3) is 5.89 Å². The summed E-state index contributed by atoms with van der Waals surface area (Å²) >= 11 is 0. The fourth-order valence-corrected chi connectivity index (χ4v) is 1.89. The van der Waals surface area contributed by atoms with E-state index in [1.54, 1.807) is 19.1 Å². The molecule has 100 valence electrons. The van der Waals surface area contributed by atoms with Crippen molar-refractivity contribution in [3.63, 3.8) is 0 Å². The van der Waals surface area contributed by atoms with E-state index in [4.69, 9.17) is 4.52 Å². The number of aromatic hydroxyl groups is 1. The number of aryl methyl sites for hydroxylation is 1. The van der Waals surface area contributed by atoms with Gasteiger partial charge in [0.2, 0.25) is 5.82 Å². The highest BCUT2D eigenvalue weighted by Gasteiger charge is 2.15. The second-order valence-electron chi connectivity index (χ2n) is 4.28. The van der Waals surface area contributed by atoms with Gasteiger partial charge in [0.15, 0.2) is 0 Å². The van der Waals surface area contributed by atoms with E-state index in [0.29, 0.717) is 22.5 Å². The molecule has 0 aliphatic rings. The van der Waals surface area contributed by atoms with E-state index in [1.807, 2.05) is 0 Å². The Bertz CT molecular complexity index is 771. The maximum absolute atomic E-state index is 13.1. The van der Waals surface area contributed by atoms with Crippen LogP contribution in [-0.2, 0) is 0 Å². The van der Waals surface area contributed by atoms with Gasteiger partial charge in [0, 0.05) is 11.8 Å². The zero-order valence-electron chi connectivity index (χ0n) is 10.5. The maximum atomic E-state index is 13.1. The lowest BCUT2D eigenvalue weighted by atomic mass is 10.1. The van der Waals surface area contributed by atoms with E-state index in [-0.39, 0.29) is 17.5 Å². The summed E-state index contributed by atoms with van der Waals surface area (Å²) in [6, 6.07) is 5.90. The molecule has 1 aromatic carbocycles. The summed E-state index contributed by atoms with van der Waals surface area (Å²) in [5.74, 6) is 0.164. The molecule has 20 heavy (non-hydrogen) atoms. The average Bonchev–Trinajstić information content (AvgIpc) is 2.88. The Morgan fingerprint density at radius 2 is 2.05 bits per heavy atom. The molecule has 2 heterocycles. The number of halogens is 1. The first kappa shape index (κ1) is 12.3. The fourth-order valence-electron chi connectivity index (χ4n) is 1.89. The summed E-state index contributed by atoms with van der Waals surface area (Å²) in [5, 5.41) is 13.5. The molecule has 0 amide bonds. The van der Waals surface area contributed by atoms with Crippen molar-refractivity contribution in [3.8, 4) is 28.6 Å². The highest BCUT2D eigenvalue weighted by Crippen LogP contribution is 2.29. The van der Waals surface area contributed by atoms with Crippen LogP contribution in [0.25, 0.3) is 22.8 Å². The van der Waals surface area contributed by atoms with Gasteiger partial charge in [-0.3, -0.25) is 4.98 Å². The lowest BCUT2D eigenvalue weighted by Gasteiger charge is -1.99. The smallest absolute Gasteiger partial charge is 0.262 e. The number of aromatic nitrogens is 3. The van der Waals surface area contributed by atoms with Crippen LogP contribution in [0.4, 0.5) is 4.39 Å². The van der Waals surface area contributed by atoms with Gasteiger partial charge in [0.05, 0.1) is 11.8 Å². The van der Waals surface area contributed by atoms with E-state index in [1.165, 1.54) is 24.5 Å². The molecule has 0 atom stereocenters. The predicted molar refractivity (Wildman–Crippen MR) is 69.3 cm³/mol. The van der Waals surface area contributed by atoms with Crippen molar-refractivity contribution in [2.45, 2.75) is 6.92 Å². The van der Waals surface area contributed by atoms with Crippen LogP contribution in [-0.4, -0.2) is 20.2 Å². The number of rotatable bonds is 2. The second-order valence-corrected chi connectivity index (χ2v) is 4.28. The van der Waals surface area contributed by atoms with E-state index in [0.717, 1.165) is 0 Å². The van der Waals surface area contributed by atoms with Gasteiger partial charge in [-0.25, -0.2) is 4.39 Å².